The van der Waals surface area contributed by atoms with Crippen LogP contribution in [0.3, 0.4) is 0 Å². The molecule has 0 spiro atoms. The molecule has 22 heavy (non-hydrogen) atoms. The molecule has 2 aromatic rings. The van der Waals surface area contributed by atoms with Crippen LogP contribution in [0.25, 0.3) is 11.6 Å². The van der Waals surface area contributed by atoms with E-state index in [-0.39, 0.29) is 5.78 Å². The fraction of sp³-hybridized carbons (Fsp3) is 0.150. The van der Waals surface area contributed by atoms with Gasteiger partial charge in [0, 0.05) is 17.7 Å². The molecule has 2 aromatic carbocycles. The summed E-state index contributed by atoms with van der Waals surface area (Å²) in [7, 11) is 3.86. The highest BCUT2D eigenvalue weighted by Gasteiger charge is 2.15. The smallest absolute Gasteiger partial charge is 0.190 e. The molecule has 0 N–H and O–H groups in total. The number of allylic oxidation sites excluding steroid dienone is 1. The highest BCUT2D eigenvalue weighted by atomic mass is 16.1. The van der Waals surface area contributed by atoms with Gasteiger partial charge in [-0.3, -0.25) is 4.79 Å². The summed E-state index contributed by atoms with van der Waals surface area (Å²) in [5.74, 6) is -0.0104. The van der Waals surface area contributed by atoms with E-state index in [9.17, 15) is 4.79 Å². The molecule has 0 amide bonds. The Labute approximate surface area is 132 Å². The van der Waals surface area contributed by atoms with Gasteiger partial charge in [0.2, 0.25) is 0 Å². The van der Waals surface area contributed by atoms with Crippen LogP contribution in [0, 0.1) is 0 Å². The van der Waals surface area contributed by atoms with E-state index in [1.807, 2.05) is 85.7 Å². The van der Waals surface area contributed by atoms with E-state index < -0.39 is 0 Å². The van der Waals surface area contributed by atoms with E-state index in [4.69, 9.17) is 0 Å². The molecule has 0 aliphatic rings. The van der Waals surface area contributed by atoms with Crippen molar-refractivity contribution >= 4 is 17.4 Å². The van der Waals surface area contributed by atoms with Gasteiger partial charge < -0.3 is 4.90 Å². The summed E-state index contributed by atoms with van der Waals surface area (Å²) in [5.41, 5.74) is 3.19. The summed E-state index contributed by atoms with van der Waals surface area (Å²) in [6, 6.07) is 19.6. The van der Waals surface area contributed by atoms with Gasteiger partial charge in [0.05, 0.1) is 0 Å². The van der Waals surface area contributed by atoms with Crippen molar-refractivity contribution in [2.75, 3.05) is 20.6 Å². The average Bonchev–Trinajstić information content (AvgIpc) is 2.53. The maximum absolute atomic E-state index is 12.8. The predicted molar refractivity (Wildman–Crippen MR) is 93.5 cm³/mol. The van der Waals surface area contributed by atoms with E-state index in [1.165, 1.54) is 0 Å². The van der Waals surface area contributed by atoms with Gasteiger partial charge in [-0.2, -0.15) is 0 Å². The highest BCUT2D eigenvalue weighted by Crippen LogP contribution is 2.22. The van der Waals surface area contributed by atoms with Crippen LogP contribution in [0.1, 0.15) is 11.1 Å². The lowest BCUT2D eigenvalue weighted by molar-refractivity contribution is -0.110. The van der Waals surface area contributed by atoms with E-state index in [0.717, 1.165) is 11.1 Å². The number of ketones is 1. The van der Waals surface area contributed by atoms with Crippen LogP contribution in [0.4, 0.5) is 0 Å². The van der Waals surface area contributed by atoms with Crippen LogP contribution in [-0.2, 0) is 4.79 Å². The lowest BCUT2D eigenvalue weighted by Gasteiger charge is -2.13. The number of benzene rings is 2. The van der Waals surface area contributed by atoms with Gasteiger partial charge in [-0.05, 0) is 31.3 Å². The van der Waals surface area contributed by atoms with Crippen molar-refractivity contribution in [1.29, 1.82) is 0 Å². The number of carbonyl (C=O) groups excluding carboxylic acids is 1. The molecule has 0 aliphatic carbocycles. The second-order valence-electron chi connectivity index (χ2n) is 5.51. The van der Waals surface area contributed by atoms with E-state index in [2.05, 4.69) is 6.58 Å². The predicted octanol–water partition coefficient (Wildman–Crippen LogP) is 3.91. The van der Waals surface area contributed by atoms with E-state index in [1.54, 1.807) is 0 Å². The summed E-state index contributed by atoms with van der Waals surface area (Å²) in [6.07, 6.45) is 1.93. The van der Waals surface area contributed by atoms with Gasteiger partial charge in [0.25, 0.3) is 0 Å². The van der Waals surface area contributed by atoms with Gasteiger partial charge in [0.15, 0.2) is 5.78 Å². The molecule has 0 radical (unpaired) electrons. The molecule has 0 aliphatic heterocycles. The molecule has 0 saturated carbocycles. The SMILES string of the molecule is C=C(CN(C)C)C(=O)/C(=C\c1ccccc1)c1ccccc1. The van der Waals surface area contributed by atoms with Gasteiger partial charge in [0.1, 0.15) is 0 Å². The molecule has 0 heterocycles. The summed E-state index contributed by atoms with van der Waals surface area (Å²) in [4.78, 5) is 14.7. The van der Waals surface area contributed by atoms with Crippen LogP contribution in [0.2, 0.25) is 0 Å². The van der Waals surface area contributed by atoms with Gasteiger partial charge in [-0.1, -0.05) is 67.2 Å². The lowest BCUT2D eigenvalue weighted by Crippen LogP contribution is -2.19. The first-order valence-corrected chi connectivity index (χ1v) is 7.27. The minimum absolute atomic E-state index is 0.0104. The summed E-state index contributed by atoms with van der Waals surface area (Å²) in [5, 5.41) is 0. The largest absolute Gasteiger partial charge is 0.305 e. The first kappa shape index (κ1) is 15.9. The fourth-order valence-corrected chi connectivity index (χ4v) is 2.26. The molecular formula is C20H21NO. The number of hydrogen-bond donors (Lipinski definition) is 0. The van der Waals surface area contributed by atoms with Crippen molar-refractivity contribution in [3.8, 4) is 0 Å². The Morgan fingerprint density at radius 1 is 1.00 bits per heavy atom. The Balaban J connectivity index is 2.41. The van der Waals surface area contributed by atoms with Gasteiger partial charge in [-0.25, -0.2) is 0 Å². The monoisotopic (exact) mass is 291 g/mol. The van der Waals surface area contributed by atoms with Crippen molar-refractivity contribution in [1.82, 2.24) is 4.90 Å². The molecule has 2 rings (SSSR count). The number of carbonyl (C=O) groups is 1. The van der Waals surface area contributed by atoms with E-state index >= 15 is 0 Å². The maximum Gasteiger partial charge on any atom is 0.190 e. The lowest BCUT2D eigenvalue weighted by atomic mass is 9.95. The Morgan fingerprint density at radius 3 is 2.09 bits per heavy atom. The number of Topliss-reactive ketones (excluding diaryl/α,β-unsaturated/α-hetero) is 1. The number of likely N-dealkylation sites (N-methyl/N-ethyl adjacent to an activating group) is 1. The summed E-state index contributed by atoms with van der Waals surface area (Å²) >= 11 is 0. The third-order valence-corrected chi connectivity index (χ3v) is 3.27. The van der Waals surface area contributed by atoms with Gasteiger partial charge >= 0.3 is 0 Å². The molecule has 0 fully saturated rings. The van der Waals surface area contributed by atoms with Crippen LogP contribution in [0.15, 0.2) is 72.8 Å². The van der Waals surface area contributed by atoms with Crippen LogP contribution < -0.4 is 0 Å². The number of hydrogen-bond acceptors (Lipinski definition) is 2. The van der Waals surface area contributed by atoms with Crippen molar-refractivity contribution in [2.45, 2.75) is 0 Å². The quantitative estimate of drug-likeness (QED) is 0.594. The van der Waals surface area contributed by atoms with Crippen molar-refractivity contribution in [2.24, 2.45) is 0 Å². The van der Waals surface area contributed by atoms with Crippen LogP contribution in [-0.4, -0.2) is 31.3 Å². The minimum atomic E-state index is -0.0104. The van der Waals surface area contributed by atoms with Crippen molar-refractivity contribution in [3.63, 3.8) is 0 Å². The second-order valence-corrected chi connectivity index (χ2v) is 5.51. The van der Waals surface area contributed by atoms with Crippen molar-refractivity contribution in [3.05, 3.63) is 83.9 Å². The summed E-state index contributed by atoms with van der Waals surface area (Å²) in [6.45, 7) is 4.50. The molecule has 2 nitrogen and oxygen atoms in total. The second kappa shape index (κ2) is 7.53. The zero-order valence-electron chi connectivity index (χ0n) is 13.1. The first-order valence-electron chi connectivity index (χ1n) is 7.27. The van der Waals surface area contributed by atoms with Crippen molar-refractivity contribution < 1.29 is 4.79 Å². The zero-order valence-corrected chi connectivity index (χ0v) is 13.1. The Morgan fingerprint density at radius 2 is 1.55 bits per heavy atom. The average molecular weight is 291 g/mol. The molecule has 2 heteroatoms. The maximum atomic E-state index is 12.8. The van der Waals surface area contributed by atoms with Crippen LogP contribution in [0.5, 0.6) is 0 Å². The zero-order chi connectivity index (χ0) is 15.9. The Bertz CT molecular complexity index is 669. The molecule has 0 saturated heterocycles. The standard InChI is InChI=1S/C20H21NO/c1-16(15-21(2)3)20(22)19(18-12-8-5-9-13-18)14-17-10-6-4-7-11-17/h4-14H,1,15H2,2-3H3/b19-14-. The molecule has 0 bridgehead atoms. The summed E-state index contributed by atoms with van der Waals surface area (Å²) < 4.78 is 0. The Hall–Kier alpha value is -2.45. The minimum Gasteiger partial charge on any atom is -0.305 e. The molecule has 0 aromatic heterocycles. The molecule has 0 unspecified atom stereocenters. The fourth-order valence-electron chi connectivity index (χ4n) is 2.26. The third kappa shape index (κ3) is 4.27. The molecule has 0 atom stereocenters. The first-order chi connectivity index (χ1) is 10.6. The number of rotatable bonds is 6. The number of nitrogens with zero attached hydrogens (tertiary/aromatic N) is 1. The third-order valence-electron chi connectivity index (χ3n) is 3.27. The van der Waals surface area contributed by atoms with E-state index in [0.29, 0.717) is 17.7 Å². The molecule has 112 valence electrons. The topological polar surface area (TPSA) is 20.3 Å². The normalized spacial score (nSPS) is 11.5. The molecular weight excluding hydrogens is 270 g/mol. The Kier molecular flexibility index (Phi) is 5.45. The van der Waals surface area contributed by atoms with Crippen LogP contribution >= 0.6 is 0 Å². The highest BCUT2D eigenvalue weighted by molar-refractivity contribution is 6.32. The van der Waals surface area contributed by atoms with Gasteiger partial charge in [-0.15, -0.1) is 0 Å².